The van der Waals surface area contributed by atoms with Crippen LogP contribution in [0.2, 0.25) is 0 Å². The van der Waals surface area contributed by atoms with Gasteiger partial charge in [-0.2, -0.15) is 5.10 Å². The molecule has 0 saturated carbocycles. The Morgan fingerprint density at radius 2 is 1.92 bits per heavy atom. The summed E-state index contributed by atoms with van der Waals surface area (Å²) in [5.74, 6) is -1.16. The van der Waals surface area contributed by atoms with Gasteiger partial charge < -0.3 is 20.7 Å². The monoisotopic (exact) mass is 507 g/mol. The number of hydrogen-bond donors (Lipinski definition) is 2. The van der Waals surface area contributed by atoms with Crippen molar-refractivity contribution in [3.8, 4) is 17.1 Å². The van der Waals surface area contributed by atoms with Crippen LogP contribution in [0.1, 0.15) is 26.3 Å². The van der Waals surface area contributed by atoms with E-state index in [0.29, 0.717) is 22.6 Å². The summed E-state index contributed by atoms with van der Waals surface area (Å²) in [5, 5.41) is 6.92. The van der Waals surface area contributed by atoms with Gasteiger partial charge in [-0.25, -0.2) is 23.3 Å². The molecule has 1 aliphatic rings. The van der Waals surface area contributed by atoms with E-state index in [1.54, 1.807) is 10.6 Å². The quantitative estimate of drug-likeness (QED) is 0.425. The third kappa shape index (κ3) is 4.41. The molecule has 0 spiro atoms. The van der Waals surface area contributed by atoms with Gasteiger partial charge in [0.1, 0.15) is 29.4 Å². The number of nitrogen functional groups attached to an aromatic ring is 1. The van der Waals surface area contributed by atoms with Crippen molar-refractivity contribution in [3.63, 3.8) is 0 Å². The Morgan fingerprint density at radius 3 is 2.65 bits per heavy atom. The molecule has 12 heteroatoms. The number of pyridine rings is 1. The normalized spacial score (nSPS) is 17.2. The molecule has 0 bridgehead atoms. The summed E-state index contributed by atoms with van der Waals surface area (Å²) >= 11 is 0. The van der Waals surface area contributed by atoms with E-state index in [2.05, 4.69) is 20.4 Å². The predicted octanol–water partition coefficient (Wildman–Crippen LogP) is 2.42. The second-order valence-electron chi connectivity index (χ2n) is 8.71. The van der Waals surface area contributed by atoms with Crippen molar-refractivity contribution >= 4 is 23.1 Å². The Bertz CT molecular complexity index is 1510. The molecule has 3 aromatic heterocycles. The molecule has 3 N–H and O–H groups in total. The molecule has 5 rings (SSSR count). The number of anilines is 1. The highest BCUT2D eigenvalue weighted by molar-refractivity contribution is 5.98. The minimum atomic E-state index is -1.49. The van der Waals surface area contributed by atoms with Crippen LogP contribution in [0.25, 0.3) is 16.8 Å². The van der Waals surface area contributed by atoms with Gasteiger partial charge in [-0.05, 0) is 48.9 Å². The lowest BCUT2D eigenvalue weighted by molar-refractivity contribution is 0.0778. The fourth-order valence-corrected chi connectivity index (χ4v) is 4.46. The molecule has 2 atom stereocenters. The molecule has 190 valence electrons. The number of likely N-dealkylation sites (tertiary alicyclic amines) is 1. The Hall–Kier alpha value is -4.61. The van der Waals surface area contributed by atoms with Gasteiger partial charge >= 0.3 is 0 Å². The molecular formula is C25H23F2N7O3. The van der Waals surface area contributed by atoms with Crippen molar-refractivity contribution in [3.05, 3.63) is 71.4 Å². The molecule has 37 heavy (non-hydrogen) atoms. The van der Waals surface area contributed by atoms with E-state index in [0.717, 1.165) is 17.7 Å². The molecule has 0 radical (unpaired) electrons. The van der Waals surface area contributed by atoms with E-state index in [4.69, 9.17) is 10.5 Å². The maximum absolute atomic E-state index is 14.9. The second kappa shape index (κ2) is 9.45. The first-order chi connectivity index (χ1) is 17.8. The lowest BCUT2D eigenvalue weighted by Gasteiger charge is -2.17. The molecular weight excluding hydrogens is 484 g/mol. The molecule has 1 unspecified atom stereocenters. The first-order valence-corrected chi connectivity index (χ1v) is 11.4. The number of halogens is 2. The minimum Gasteiger partial charge on any atom is -0.480 e. The smallest absolute Gasteiger partial charge is 0.257 e. The maximum Gasteiger partial charge on any atom is 0.257 e. The van der Waals surface area contributed by atoms with Gasteiger partial charge in [0, 0.05) is 23.9 Å². The van der Waals surface area contributed by atoms with Crippen LogP contribution in [0.15, 0.2) is 48.9 Å². The lowest BCUT2D eigenvalue weighted by Crippen LogP contribution is -2.42. The van der Waals surface area contributed by atoms with Crippen LogP contribution < -0.4 is 15.8 Å². The largest absolute Gasteiger partial charge is 0.480 e. The van der Waals surface area contributed by atoms with Gasteiger partial charge in [0.05, 0.1) is 25.4 Å². The number of carbonyl (C=O) groups is 2. The van der Waals surface area contributed by atoms with Crippen LogP contribution >= 0.6 is 0 Å². The minimum absolute atomic E-state index is 0.0444. The first-order valence-electron chi connectivity index (χ1n) is 11.4. The van der Waals surface area contributed by atoms with E-state index < -0.39 is 29.8 Å². The highest BCUT2D eigenvalue weighted by Gasteiger charge is 2.37. The van der Waals surface area contributed by atoms with Gasteiger partial charge in [0.25, 0.3) is 11.8 Å². The van der Waals surface area contributed by atoms with Crippen molar-refractivity contribution in [2.24, 2.45) is 0 Å². The number of ether oxygens (including phenoxy) is 1. The number of amides is 2. The van der Waals surface area contributed by atoms with Crippen molar-refractivity contribution in [1.29, 1.82) is 0 Å². The summed E-state index contributed by atoms with van der Waals surface area (Å²) < 4.78 is 34.9. The highest BCUT2D eigenvalue weighted by atomic mass is 19.1. The average molecular weight is 508 g/mol. The number of aryl methyl sites for hydroxylation is 1. The number of hydrogen-bond acceptors (Lipinski definition) is 7. The Kier molecular flexibility index (Phi) is 6.15. The van der Waals surface area contributed by atoms with E-state index in [1.165, 1.54) is 36.7 Å². The fraction of sp³-hybridized carbons (Fsp3) is 0.240. The molecule has 1 saturated heterocycles. The van der Waals surface area contributed by atoms with Crippen LogP contribution in [0.5, 0.6) is 5.88 Å². The van der Waals surface area contributed by atoms with E-state index in [1.807, 2.05) is 13.0 Å². The number of alkyl halides is 1. The van der Waals surface area contributed by atoms with Crippen molar-refractivity contribution in [2.45, 2.75) is 19.1 Å². The van der Waals surface area contributed by atoms with E-state index in [9.17, 15) is 18.4 Å². The number of nitrogens with zero attached hydrogens (tertiary/aromatic N) is 5. The Labute approximate surface area is 210 Å². The van der Waals surface area contributed by atoms with E-state index >= 15 is 0 Å². The van der Waals surface area contributed by atoms with Crippen LogP contribution in [0, 0.1) is 12.7 Å². The third-order valence-electron chi connectivity index (χ3n) is 6.30. The standard InChI is InChI=1S/C25H23F2N7O3/c1-13-7-20(34-21(13)22(28)30-12-31-34)15-8-17(24(37-2)29-9-15)23(35)32-19-11-33(10-18(19)27)25(36)14-3-5-16(26)6-4-14/h3-9,12,18-19H,10-11H2,1-2H3,(H,32,35)(H2,28,30,31)/t18-,19?/m0/s1. The maximum atomic E-state index is 14.9. The molecule has 1 fully saturated rings. The summed E-state index contributed by atoms with van der Waals surface area (Å²) in [6.07, 6.45) is 1.37. The average Bonchev–Trinajstić information content (AvgIpc) is 3.43. The summed E-state index contributed by atoms with van der Waals surface area (Å²) in [4.78, 5) is 35.5. The number of carbonyl (C=O) groups excluding carboxylic acids is 2. The zero-order chi connectivity index (χ0) is 26.3. The number of nitrogens with one attached hydrogen (secondary N) is 1. The molecule has 1 aliphatic heterocycles. The zero-order valence-corrected chi connectivity index (χ0v) is 20.0. The summed E-state index contributed by atoms with van der Waals surface area (Å²) in [7, 11) is 1.38. The summed E-state index contributed by atoms with van der Waals surface area (Å²) in [6.45, 7) is 1.62. The number of benzene rings is 1. The molecule has 2 amide bonds. The molecule has 1 aromatic carbocycles. The number of rotatable bonds is 5. The van der Waals surface area contributed by atoms with Gasteiger partial charge in [0.2, 0.25) is 5.88 Å². The van der Waals surface area contributed by atoms with Crippen molar-refractivity contribution in [1.82, 2.24) is 29.8 Å². The van der Waals surface area contributed by atoms with Gasteiger partial charge in [-0.1, -0.05) is 0 Å². The highest BCUT2D eigenvalue weighted by Crippen LogP contribution is 2.29. The third-order valence-corrected chi connectivity index (χ3v) is 6.30. The lowest BCUT2D eigenvalue weighted by atomic mass is 10.1. The molecule has 0 aliphatic carbocycles. The van der Waals surface area contributed by atoms with Gasteiger partial charge in [0.15, 0.2) is 5.82 Å². The summed E-state index contributed by atoms with van der Waals surface area (Å²) in [5.41, 5.74) is 8.99. The number of aromatic nitrogens is 4. The fourth-order valence-electron chi connectivity index (χ4n) is 4.46. The predicted molar refractivity (Wildman–Crippen MR) is 130 cm³/mol. The Morgan fingerprint density at radius 1 is 1.16 bits per heavy atom. The SMILES string of the molecule is COc1ncc(-c2cc(C)c3c(N)ncnn23)cc1C(=O)NC1CN(C(=O)c2ccc(F)cc2)C[C@@H]1F. The summed E-state index contributed by atoms with van der Waals surface area (Å²) in [6, 6.07) is 7.47. The second-order valence-corrected chi connectivity index (χ2v) is 8.71. The topological polar surface area (TPSA) is 128 Å². The van der Waals surface area contributed by atoms with Crippen LogP contribution in [-0.2, 0) is 0 Å². The molecule has 10 nitrogen and oxygen atoms in total. The first kappa shape index (κ1) is 24.1. The van der Waals surface area contributed by atoms with Crippen LogP contribution in [0.3, 0.4) is 0 Å². The number of fused-ring (bicyclic) bond motifs is 1. The van der Waals surface area contributed by atoms with Crippen molar-refractivity contribution < 1.29 is 23.1 Å². The van der Waals surface area contributed by atoms with Gasteiger partial charge in [-0.3, -0.25) is 9.59 Å². The van der Waals surface area contributed by atoms with Gasteiger partial charge in [-0.15, -0.1) is 0 Å². The molecule has 4 heterocycles. The van der Waals surface area contributed by atoms with Crippen molar-refractivity contribution in [2.75, 3.05) is 25.9 Å². The van der Waals surface area contributed by atoms with Crippen LogP contribution in [-0.4, -0.2) is 68.7 Å². The Balaban J connectivity index is 1.39. The van der Waals surface area contributed by atoms with E-state index in [-0.39, 0.29) is 30.1 Å². The number of nitrogens with two attached hydrogens (primary N) is 1. The zero-order valence-electron chi connectivity index (χ0n) is 20.0. The molecule has 4 aromatic rings. The number of methoxy groups -OCH3 is 1. The van der Waals surface area contributed by atoms with Crippen LogP contribution in [0.4, 0.5) is 14.6 Å².